The fourth-order valence-electron chi connectivity index (χ4n) is 1.68. The lowest BCUT2D eigenvalue weighted by molar-refractivity contribution is -0.119. The largest absolute Gasteiger partial charge is 0.349 e. The summed E-state index contributed by atoms with van der Waals surface area (Å²) in [5, 5.41) is 2.98. The van der Waals surface area contributed by atoms with E-state index in [1.807, 2.05) is 49.4 Å². The molecule has 4 heteroatoms. The van der Waals surface area contributed by atoms with Crippen LogP contribution in [0.5, 0.6) is 0 Å². The van der Waals surface area contributed by atoms with Crippen molar-refractivity contribution < 1.29 is 4.79 Å². The summed E-state index contributed by atoms with van der Waals surface area (Å²) in [6.07, 6.45) is 3.47. The molecule has 1 heterocycles. The Morgan fingerprint density at radius 1 is 1.21 bits per heavy atom. The van der Waals surface area contributed by atoms with Gasteiger partial charge in [0.05, 0.1) is 11.8 Å². The van der Waals surface area contributed by atoms with Gasteiger partial charge in [-0.2, -0.15) is 0 Å². The predicted molar refractivity (Wildman–Crippen MR) is 78.0 cm³/mol. The van der Waals surface area contributed by atoms with Gasteiger partial charge >= 0.3 is 0 Å². The van der Waals surface area contributed by atoms with Crippen LogP contribution in [0.15, 0.2) is 59.8 Å². The second-order valence-electron chi connectivity index (χ2n) is 4.17. The number of benzene rings is 1. The van der Waals surface area contributed by atoms with Gasteiger partial charge in [-0.05, 0) is 36.8 Å². The number of carbonyl (C=O) groups is 1. The van der Waals surface area contributed by atoms with Crippen molar-refractivity contribution in [3.63, 3.8) is 0 Å². The highest BCUT2D eigenvalue weighted by Gasteiger charge is 2.09. The molecule has 0 aliphatic rings. The Morgan fingerprint density at radius 3 is 2.58 bits per heavy atom. The van der Waals surface area contributed by atoms with E-state index >= 15 is 0 Å². The van der Waals surface area contributed by atoms with E-state index in [0.717, 1.165) is 10.5 Å². The van der Waals surface area contributed by atoms with Crippen LogP contribution in [0.3, 0.4) is 0 Å². The van der Waals surface area contributed by atoms with Crippen LogP contribution in [0.25, 0.3) is 0 Å². The molecule has 1 aromatic carbocycles. The maximum absolute atomic E-state index is 11.9. The molecular weight excluding hydrogens is 256 g/mol. The molecule has 3 nitrogen and oxygen atoms in total. The molecule has 2 aromatic rings. The van der Waals surface area contributed by atoms with Crippen LogP contribution in [-0.2, 0) is 4.79 Å². The van der Waals surface area contributed by atoms with Gasteiger partial charge in [0.2, 0.25) is 5.91 Å². The summed E-state index contributed by atoms with van der Waals surface area (Å²) < 4.78 is 0. The molecule has 0 bridgehead atoms. The molecule has 1 unspecified atom stereocenters. The van der Waals surface area contributed by atoms with Crippen LogP contribution in [0, 0.1) is 0 Å². The molecule has 1 amide bonds. The molecule has 1 aromatic heterocycles. The van der Waals surface area contributed by atoms with Gasteiger partial charge in [-0.1, -0.05) is 18.2 Å². The molecule has 0 aliphatic carbocycles. The number of carbonyl (C=O) groups excluding carboxylic acids is 1. The van der Waals surface area contributed by atoms with Gasteiger partial charge in [0.1, 0.15) is 0 Å². The zero-order valence-corrected chi connectivity index (χ0v) is 11.6. The van der Waals surface area contributed by atoms with E-state index in [-0.39, 0.29) is 11.9 Å². The molecule has 19 heavy (non-hydrogen) atoms. The Labute approximate surface area is 117 Å². The highest BCUT2D eigenvalue weighted by molar-refractivity contribution is 8.00. The second kappa shape index (κ2) is 6.95. The fraction of sp³-hybridized carbons (Fsp3) is 0.200. The quantitative estimate of drug-likeness (QED) is 0.851. The number of aromatic nitrogens is 1. The number of pyridine rings is 1. The molecule has 98 valence electrons. The summed E-state index contributed by atoms with van der Waals surface area (Å²) in [5.74, 6) is 0.470. The molecule has 1 atom stereocenters. The summed E-state index contributed by atoms with van der Waals surface area (Å²) in [4.78, 5) is 16.9. The summed E-state index contributed by atoms with van der Waals surface area (Å²) in [7, 11) is 0. The zero-order valence-electron chi connectivity index (χ0n) is 10.7. The van der Waals surface area contributed by atoms with Crippen molar-refractivity contribution in [1.82, 2.24) is 10.3 Å². The fourth-order valence-corrected chi connectivity index (χ4v) is 2.41. The SMILES string of the molecule is CC(NC(=O)CSc1ccccc1)c1ccncc1. The maximum atomic E-state index is 11.9. The highest BCUT2D eigenvalue weighted by Crippen LogP contribution is 2.17. The van der Waals surface area contributed by atoms with Crippen LogP contribution in [-0.4, -0.2) is 16.6 Å². The van der Waals surface area contributed by atoms with E-state index in [4.69, 9.17) is 0 Å². The Kier molecular flexibility index (Phi) is 4.98. The number of nitrogens with one attached hydrogen (secondary N) is 1. The third kappa shape index (κ3) is 4.41. The Hall–Kier alpha value is -1.81. The van der Waals surface area contributed by atoms with E-state index in [9.17, 15) is 4.79 Å². The van der Waals surface area contributed by atoms with Gasteiger partial charge in [0, 0.05) is 17.3 Å². The standard InChI is InChI=1S/C15H16N2OS/c1-12(13-7-9-16-10-8-13)17-15(18)11-19-14-5-3-2-4-6-14/h2-10,12H,11H2,1H3,(H,17,18). The van der Waals surface area contributed by atoms with Crippen molar-refractivity contribution in [1.29, 1.82) is 0 Å². The summed E-state index contributed by atoms with van der Waals surface area (Å²) in [6.45, 7) is 1.97. The molecule has 0 saturated carbocycles. The van der Waals surface area contributed by atoms with Gasteiger partial charge in [-0.15, -0.1) is 11.8 Å². The molecule has 2 rings (SSSR count). The molecule has 0 saturated heterocycles. The molecule has 1 N–H and O–H groups in total. The van der Waals surface area contributed by atoms with Gasteiger partial charge in [-0.25, -0.2) is 0 Å². The van der Waals surface area contributed by atoms with Crippen LogP contribution >= 0.6 is 11.8 Å². The first-order valence-electron chi connectivity index (χ1n) is 6.13. The molecule has 0 spiro atoms. The molecule has 0 aliphatic heterocycles. The lowest BCUT2D eigenvalue weighted by Gasteiger charge is -2.13. The van der Waals surface area contributed by atoms with Crippen molar-refractivity contribution in [2.45, 2.75) is 17.9 Å². The summed E-state index contributed by atoms with van der Waals surface area (Å²) >= 11 is 1.54. The predicted octanol–water partition coefficient (Wildman–Crippen LogP) is 3.05. The van der Waals surface area contributed by atoms with E-state index in [1.165, 1.54) is 0 Å². The van der Waals surface area contributed by atoms with Gasteiger partial charge in [0.25, 0.3) is 0 Å². The van der Waals surface area contributed by atoms with Crippen LogP contribution < -0.4 is 5.32 Å². The third-order valence-corrected chi connectivity index (χ3v) is 3.71. The molecule has 0 radical (unpaired) electrons. The normalized spacial score (nSPS) is 11.8. The van der Waals surface area contributed by atoms with Crippen molar-refractivity contribution in [3.8, 4) is 0 Å². The Morgan fingerprint density at radius 2 is 1.89 bits per heavy atom. The number of nitrogens with zero attached hydrogens (tertiary/aromatic N) is 1. The maximum Gasteiger partial charge on any atom is 0.230 e. The lowest BCUT2D eigenvalue weighted by Crippen LogP contribution is -2.28. The first-order chi connectivity index (χ1) is 9.25. The van der Waals surface area contributed by atoms with Crippen LogP contribution in [0.2, 0.25) is 0 Å². The highest BCUT2D eigenvalue weighted by atomic mass is 32.2. The topological polar surface area (TPSA) is 42.0 Å². The van der Waals surface area contributed by atoms with Gasteiger partial charge < -0.3 is 5.32 Å². The van der Waals surface area contributed by atoms with Crippen LogP contribution in [0.4, 0.5) is 0 Å². The minimum Gasteiger partial charge on any atom is -0.349 e. The van der Waals surface area contributed by atoms with E-state index < -0.39 is 0 Å². The van der Waals surface area contributed by atoms with Gasteiger partial charge in [0.15, 0.2) is 0 Å². The summed E-state index contributed by atoms with van der Waals surface area (Å²) in [5.41, 5.74) is 1.06. The van der Waals surface area contributed by atoms with Crippen LogP contribution in [0.1, 0.15) is 18.5 Å². The molecular formula is C15H16N2OS. The summed E-state index contributed by atoms with van der Waals surface area (Å²) in [6, 6.07) is 13.8. The van der Waals surface area contributed by atoms with Crippen molar-refractivity contribution >= 4 is 17.7 Å². The van der Waals surface area contributed by atoms with E-state index in [0.29, 0.717) is 5.75 Å². The average Bonchev–Trinajstić information content (AvgIpc) is 2.47. The lowest BCUT2D eigenvalue weighted by atomic mass is 10.1. The monoisotopic (exact) mass is 272 g/mol. The van der Waals surface area contributed by atoms with E-state index in [2.05, 4.69) is 10.3 Å². The smallest absolute Gasteiger partial charge is 0.230 e. The Balaban J connectivity index is 1.82. The Bertz CT molecular complexity index is 516. The minimum absolute atomic E-state index is 0.00636. The number of thioether (sulfide) groups is 1. The number of hydrogen-bond donors (Lipinski definition) is 1. The third-order valence-electron chi connectivity index (χ3n) is 2.70. The zero-order chi connectivity index (χ0) is 13.5. The number of hydrogen-bond acceptors (Lipinski definition) is 3. The first kappa shape index (κ1) is 13.6. The number of rotatable bonds is 5. The average molecular weight is 272 g/mol. The van der Waals surface area contributed by atoms with Crippen molar-refractivity contribution in [2.75, 3.05) is 5.75 Å². The van der Waals surface area contributed by atoms with Crippen molar-refractivity contribution in [3.05, 3.63) is 60.4 Å². The molecule has 0 fully saturated rings. The van der Waals surface area contributed by atoms with E-state index in [1.54, 1.807) is 24.2 Å². The first-order valence-corrected chi connectivity index (χ1v) is 7.11. The van der Waals surface area contributed by atoms with Gasteiger partial charge in [-0.3, -0.25) is 9.78 Å². The number of amides is 1. The van der Waals surface area contributed by atoms with Crippen molar-refractivity contribution in [2.24, 2.45) is 0 Å². The second-order valence-corrected chi connectivity index (χ2v) is 5.22. The minimum atomic E-state index is 0.00636.